The fourth-order valence-corrected chi connectivity index (χ4v) is 10.00. The lowest BCUT2D eigenvalue weighted by Crippen LogP contribution is -2.12. The van der Waals surface area contributed by atoms with Crippen molar-refractivity contribution in [3.63, 3.8) is 0 Å². The van der Waals surface area contributed by atoms with Crippen LogP contribution >= 0.6 is 0 Å². The molecule has 0 radical (unpaired) electrons. The molecule has 0 amide bonds. The van der Waals surface area contributed by atoms with Crippen molar-refractivity contribution in [1.29, 1.82) is 0 Å². The van der Waals surface area contributed by atoms with Gasteiger partial charge in [-0.05, 0) is 86.6 Å². The molecule has 0 spiro atoms. The first-order chi connectivity index (χ1) is 30.7. The molecule has 13 rings (SSSR count). The van der Waals surface area contributed by atoms with Gasteiger partial charge in [0.15, 0.2) is 23.1 Å². The van der Waals surface area contributed by atoms with Crippen LogP contribution in [0.25, 0.3) is 105 Å². The molecular formula is C56H37N5O. The second-order valence-corrected chi connectivity index (χ2v) is 16.5. The Bertz CT molecular complexity index is 3760. The average Bonchev–Trinajstić information content (AvgIpc) is 3.92. The molecule has 1 aliphatic carbocycles. The van der Waals surface area contributed by atoms with Gasteiger partial charge < -0.3 is 4.42 Å². The Morgan fingerprint density at radius 3 is 2.08 bits per heavy atom. The number of hydrogen-bond donors (Lipinski definition) is 0. The molecule has 62 heavy (non-hydrogen) atoms. The van der Waals surface area contributed by atoms with E-state index in [-0.39, 0.29) is 5.92 Å². The molecule has 0 saturated heterocycles. The number of aryl methyl sites for hydroxylation is 1. The van der Waals surface area contributed by atoms with Gasteiger partial charge in [-0.3, -0.25) is 4.57 Å². The van der Waals surface area contributed by atoms with E-state index < -0.39 is 0 Å². The van der Waals surface area contributed by atoms with Gasteiger partial charge in [-0.25, -0.2) is 9.97 Å². The second-order valence-electron chi connectivity index (χ2n) is 16.5. The minimum Gasteiger partial charge on any atom is -0.440 e. The fraction of sp³-hybridized carbons (Fsp3) is 0.0714. The molecule has 0 N–H and O–H groups in total. The first-order valence-corrected chi connectivity index (χ1v) is 21.4. The summed E-state index contributed by atoms with van der Waals surface area (Å²) in [6.45, 7) is 0. The van der Waals surface area contributed by atoms with Crippen molar-refractivity contribution in [3.8, 4) is 39.9 Å². The molecule has 9 aromatic carbocycles. The van der Waals surface area contributed by atoms with Gasteiger partial charge in [0.2, 0.25) is 5.95 Å². The summed E-state index contributed by atoms with van der Waals surface area (Å²) >= 11 is 0. The van der Waals surface area contributed by atoms with Gasteiger partial charge in [0.25, 0.3) is 0 Å². The van der Waals surface area contributed by atoms with Crippen molar-refractivity contribution in [2.75, 3.05) is 0 Å². The van der Waals surface area contributed by atoms with Crippen LogP contribution in [0.15, 0.2) is 186 Å². The Morgan fingerprint density at radius 1 is 0.484 bits per heavy atom. The monoisotopic (exact) mass is 795 g/mol. The van der Waals surface area contributed by atoms with Gasteiger partial charge in [-0.15, -0.1) is 0 Å². The predicted molar refractivity (Wildman–Crippen MR) is 252 cm³/mol. The highest BCUT2D eigenvalue weighted by molar-refractivity contribution is 6.12. The maximum atomic E-state index is 6.75. The molecule has 12 aromatic rings. The molecule has 1 unspecified atom stereocenters. The normalized spacial score (nSPS) is 14.1. The molecule has 3 aromatic heterocycles. The first kappa shape index (κ1) is 34.9. The van der Waals surface area contributed by atoms with Gasteiger partial charge in [-0.2, -0.15) is 9.97 Å². The number of hydrogen-bond acceptors (Lipinski definition) is 5. The zero-order valence-corrected chi connectivity index (χ0v) is 33.7. The number of fused-ring (bicyclic) bond motifs is 12. The smallest absolute Gasteiger partial charge is 0.238 e. The predicted octanol–water partition coefficient (Wildman–Crippen LogP) is 13.8. The van der Waals surface area contributed by atoms with E-state index >= 15 is 0 Å². The summed E-state index contributed by atoms with van der Waals surface area (Å²) in [6, 6.07) is 64.5. The van der Waals surface area contributed by atoms with Crippen molar-refractivity contribution >= 4 is 65.2 Å². The van der Waals surface area contributed by atoms with Crippen molar-refractivity contribution in [2.24, 2.45) is 0 Å². The van der Waals surface area contributed by atoms with Crippen LogP contribution in [0, 0.1) is 0 Å². The number of para-hydroxylation sites is 1. The van der Waals surface area contributed by atoms with Crippen molar-refractivity contribution in [2.45, 2.75) is 25.2 Å². The molecule has 6 heteroatoms. The van der Waals surface area contributed by atoms with E-state index in [4.69, 9.17) is 24.4 Å². The number of nitrogens with zero attached hydrogens (tertiary/aromatic N) is 5. The summed E-state index contributed by atoms with van der Waals surface area (Å²) in [7, 11) is 0. The third kappa shape index (κ3) is 5.50. The largest absolute Gasteiger partial charge is 0.440 e. The lowest BCUT2D eigenvalue weighted by Gasteiger charge is -2.24. The summed E-state index contributed by atoms with van der Waals surface area (Å²) in [5.41, 5.74) is 10.8. The minimum atomic E-state index is 0.0168. The molecule has 1 atom stereocenters. The lowest BCUT2D eigenvalue weighted by atomic mass is 9.82. The highest BCUT2D eigenvalue weighted by Crippen LogP contribution is 2.44. The highest BCUT2D eigenvalue weighted by Gasteiger charge is 2.29. The average molecular weight is 796 g/mol. The number of benzene rings is 9. The second kappa shape index (κ2) is 13.8. The van der Waals surface area contributed by atoms with Crippen LogP contribution in [0.3, 0.4) is 0 Å². The van der Waals surface area contributed by atoms with Crippen molar-refractivity contribution in [1.82, 2.24) is 24.5 Å². The maximum Gasteiger partial charge on any atom is 0.238 e. The number of aromatic nitrogens is 5. The summed E-state index contributed by atoms with van der Waals surface area (Å²) in [5.74, 6) is 2.62. The van der Waals surface area contributed by atoms with Crippen LogP contribution in [0.4, 0.5) is 0 Å². The molecule has 0 fully saturated rings. The SMILES string of the molecule is c1ccc2c(c1)CCC(c1nc3c(ccc4ccccc43)o1)Cc1c-2ccc2c3ccccc3n(-c3nc(-c4ccc5ccccc5c4)nc(-c4cccc5ccccc45)n3)c12. The van der Waals surface area contributed by atoms with E-state index in [2.05, 4.69) is 187 Å². The van der Waals surface area contributed by atoms with Crippen molar-refractivity contribution in [3.05, 3.63) is 199 Å². The molecule has 3 heterocycles. The molecule has 0 saturated carbocycles. The van der Waals surface area contributed by atoms with E-state index in [1.807, 2.05) is 0 Å². The third-order valence-corrected chi connectivity index (χ3v) is 13.0. The summed E-state index contributed by atoms with van der Waals surface area (Å²) in [6.07, 6.45) is 2.53. The maximum absolute atomic E-state index is 6.75. The van der Waals surface area contributed by atoms with E-state index in [0.29, 0.717) is 17.6 Å². The van der Waals surface area contributed by atoms with Gasteiger partial charge in [-0.1, -0.05) is 164 Å². The van der Waals surface area contributed by atoms with Crippen LogP contribution in [0.2, 0.25) is 0 Å². The molecule has 6 nitrogen and oxygen atoms in total. The van der Waals surface area contributed by atoms with E-state index in [1.54, 1.807) is 0 Å². The van der Waals surface area contributed by atoms with E-state index in [0.717, 1.165) is 96.1 Å². The van der Waals surface area contributed by atoms with Crippen molar-refractivity contribution < 1.29 is 4.42 Å². The lowest BCUT2D eigenvalue weighted by molar-refractivity contribution is 0.449. The quantitative estimate of drug-likeness (QED) is 0.177. The third-order valence-electron chi connectivity index (χ3n) is 13.0. The van der Waals surface area contributed by atoms with Gasteiger partial charge in [0.05, 0.1) is 11.0 Å². The van der Waals surface area contributed by atoms with Crippen LogP contribution in [0.5, 0.6) is 0 Å². The molecular weight excluding hydrogens is 759 g/mol. The first-order valence-electron chi connectivity index (χ1n) is 21.4. The fourth-order valence-electron chi connectivity index (χ4n) is 10.00. The van der Waals surface area contributed by atoms with Crippen LogP contribution < -0.4 is 0 Å². The standard InChI is InChI=1S/C56H37N5O/c1-2-16-38-32-39(26-24-34(38)12-1)53-58-54(47-22-11-17-35-13-3-7-19-42(35)47)60-56(59-53)61-49-23-10-9-21-45(49)46-30-29-44-41-18-6-4-14-36(41)25-27-40(33-48(44)52(46)61)55-57-51-43-20-8-5-15-37(43)28-31-50(51)62-55/h1-24,26,28-32,40H,25,27,33H2. The zero-order valence-electron chi connectivity index (χ0n) is 33.7. The number of oxazole rings is 1. The Labute approximate surface area is 356 Å². The zero-order chi connectivity index (χ0) is 40.7. The van der Waals surface area contributed by atoms with E-state index in [1.165, 1.54) is 27.6 Å². The van der Waals surface area contributed by atoms with Crippen LogP contribution in [-0.2, 0) is 12.8 Å². The minimum absolute atomic E-state index is 0.0168. The topological polar surface area (TPSA) is 69.6 Å². The van der Waals surface area contributed by atoms with Crippen LogP contribution in [-0.4, -0.2) is 24.5 Å². The molecule has 1 aliphatic rings. The Morgan fingerprint density at radius 2 is 1.18 bits per heavy atom. The van der Waals surface area contributed by atoms with Gasteiger partial charge in [0, 0.05) is 33.2 Å². The molecule has 0 aliphatic heterocycles. The molecule has 292 valence electrons. The highest BCUT2D eigenvalue weighted by atomic mass is 16.3. The Balaban J connectivity index is 1.10. The Hall–Kier alpha value is -7.96. The summed E-state index contributed by atoms with van der Waals surface area (Å²) in [4.78, 5) is 21.5. The van der Waals surface area contributed by atoms with Crippen LogP contribution in [0.1, 0.15) is 29.4 Å². The molecule has 0 bridgehead atoms. The Kier molecular flexibility index (Phi) is 7.76. The number of rotatable bonds is 4. The van der Waals surface area contributed by atoms with E-state index in [9.17, 15) is 0 Å². The summed E-state index contributed by atoms with van der Waals surface area (Å²) < 4.78 is 9.04. The van der Waals surface area contributed by atoms with Gasteiger partial charge >= 0.3 is 0 Å². The summed E-state index contributed by atoms with van der Waals surface area (Å²) in [5, 5.41) is 9.09. The van der Waals surface area contributed by atoms with Gasteiger partial charge in [0.1, 0.15) is 5.52 Å².